The lowest BCUT2D eigenvalue weighted by atomic mass is 10.1. The Balaban J connectivity index is 2.91. The molecule has 0 aliphatic heterocycles. The molecule has 0 aliphatic rings. The Bertz CT molecular complexity index is 398. The molecule has 0 unspecified atom stereocenters. The van der Waals surface area contributed by atoms with E-state index in [1.807, 2.05) is 20.8 Å². The Kier molecular flexibility index (Phi) is 5.75. The van der Waals surface area contributed by atoms with Gasteiger partial charge in [0.05, 0.1) is 18.8 Å². The lowest BCUT2D eigenvalue weighted by Gasteiger charge is -2.23. The third-order valence-corrected chi connectivity index (χ3v) is 2.27. The lowest BCUT2D eigenvalue weighted by molar-refractivity contribution is 0.233. The van der Waals surface area contributed by atoms with Crippen LogP contribution in [-0.2, 0) is 0 Å². The number of anilines is 2. The van der Waals surface area contributed by atoms with Crippen molar-refractivity contribution in [3.05, 3.63) is 0 Å². The first-order chi connectivity index (χ1) is 9.00. The fourth-order valence-electron chi connectivity index (χ4n) is 1.26. The van der Waals surface area contributed by atoms with Crippen LogP contribution in [-0.4, -0.2) is 45.4 Å². The second kappa shape index (κ2) is 7.08. The van der Waals surface area contributed by atoms with Crippen LogP contribution in [0.4, 0.5) is 11.9 Å². The number of aliphatic hydroxyl groups is 1. The molecule has 1 heterocycles. The van der Waals surface area contributed by atoms with E-state index in [0.717, 1.165) is 13.0 Å². The molecule has 0 atom stereocenters. The van der Waals surface area contributed by atoms with Crippen molar-refractivity contribution in [1.29, 1.82) is 0 Å². The summed E-state index contributed by atoms with van der Waals surface area (Å²) in [6, 6.07) is 0.271. The highest BCUT2D eigenvalue weighted by molar-refractivity contribution is 5.37. The molecule has 0 aliphatic carbocycles. The minimum absolute atomic E-state index is 0.0274. The van der Waals surface area contributed by atoms with Gasteiger partial charge in [0.25, 0.3) is 0 Å². The van der Waals surface area contributed by atoms with Gasteiger partial charge in [-0.15, -0.1) is 0 Å². The Hall–Kier alpha value is -1.63. The van der Waals surface area contributed by atoms with Crippen molar-refractivity contribution >= 4 is 11.9 Å². The van der Waals surface area contributed by atoms with Gasteiger partial charge >= 0.3 is 6.01 Å². The highest BCUT2D eigenvalue weighted by Crippen LogP contribution is 2.15. The second-order valence-electron chi connectivity index (χ2n) is 4.79. The van der Waals surface area contributed by atoms with Crippen molar-refractivity contribution in [1.82, 2.24) is 15.0 Å². The van der Waals surface area contributed by atoms with Gasteiger partial charge in [-0.3, -0.25) is 0 Å². The molecule has 3 N–H and O–H groups in total. The van der Waals surface area contributed by atoms with E-state index in [4.69, 9.17) is 4.74 Å². The summed E-state index contributed by atoms with van der Waals surface area (Å²) in [7, 11) is 0. The average Bonchev–Trinajstić information content (AvgIpc) is 2.36. The highest BCUT2D eigenvalue weighted by atomic mass is 16.5. The minimum atomic E-state index is -0.507. The Morgan fingerprint density at radius 1 is 1.16 bits per heavy atom. The van der Waals surface area contributed by atoms with Gasteiger partial charge < -0.3 is 20.5 Å². The summed E-state index contributed by atoms with van der Waals surface area (Å²) < 4.78 is 5.31. The molecule has 1 rings (SSSR count). The molecule has 1 aromatic rings. The topological polar surface area (TPSA) is 92.2 Å². The molecule has 0 saturated carbocycles. The van der Waals surface area contributed by atoms with Gasteiger partial charge in [-0.2, -0.15) is 15.0 Å². The minimum Gasteiger partial charge on any atom is -0.464 e. The summed E-state index contributed by atoms with van der Waals surface area (Å²) in [5.41, 5.74) is -0.507. The third-order valence-electron chi connectivity index (χ3n) is 2.27. The van der Waals surface area contributed by atoms with Crippen LogP contribution in [0, 0.1) is 0 Å². The van der Waals surface area contributed by atoms with Crippen LogP contribution >= 0.6 is 0 Å². The number of hydrogen-bond acceptors (Lipinski definition) is 7. The van der Waals surface area contributed by atoms with Crippen molar-refractivity contribution in [3.8, 4) is 6.01 Å². The Labute approximate surface area is 113 Å². The highest BCUT2D eigenvalue weighted by Gasteiger charge is 2.18. The number of hydrogen-bond donors (Lipinski definition) is 3. The maximum absolute atomic E-state index is 9.26. The van der Waals surface area contributed by atoms with Crippen LogP contribution in [0.25, 0.3) is 0 Å². The molecule has 0 radical (unpaired) electrons. The molecular formula is C12H23N5O2. The van der Waals surface area contributed by atoms with E-state index >= 15 is 0 Å². The van der Waals surface area contributed by atoms with Gasteiger partial charge in [0.15, 0.2) is 0 Å². The van der Waals surface area contributed by atoms with Crippen LogP contribution in [0.3, 0.4) is 0 Å². The van der Waals surface area contributed by atoms with Crippen molar-refractivity contribution < 1.29 is 9.84 Å². The average molecular weight is 269 g/mol. The summed E-state index contributed by atoms with van der Waals surface area (Å²) in [6.07, 6.45) is 0.973. The molecule has 0 bridgehead atoms. The molecule has 7 heteroatoms. The number of nitrogens with one attached hydrogen (secondary N) is 2. The predicted octanol–water partition coefficient (Wildman–Crippen LogP) is 1.27. The first kappa shape index (κ1) is 15.4. The zero-order chi connectivity index (χ0) is 14.3. The maximum Gasteiger partial charge on any atom is 0.323 e. The predicted molar refractivity (Wildman–Crippen MR) is 74.6 cm³/mol. The molecule has 7 nitrogen and oxygen atoms in total. The van der Waals surface area contributed by atoms with Gasteiger partial charge in [0.2, 0.25) is 11.9 Å². The van der Waals surface area contributed by atoms with E-state index in [1.54, 1.807) is 0 Å². The molecule has 0 fully saturated rings. The van der Waals surface area contributed by atoms with E-state index < -0.39 is 5.54 Å². The molecule has 0 amide bonds. The summed E-state index contributed by atoms with van der Waals surface area (Å²) in [5.74, 6) is 0.854. The van der Waals surface area contributed by atoms with Crippen molar-refractivity contribution in [2.75, 3.05) is 30.4 Å². The first-order valence-electron chi connectivity index (χ1n) is 6.52. The zero-order valence-electron chi connectivity index (χ0n) is 12.0. The number of ether oxygens (including phenoxy) is 1. The fourth-order valence-corrected chi connectivity index (χ4v) is 1.26. The summed E-state index contributed by atoms with van der Waals surface area (Å²) >= 11 is 0. The number of aliphatic hydroxyl groups excluding tert-OH is 1. The summed E-state index contributed by atoms with van der Waals surface area (Å²) in [6.45, 7) is 8.88. The zero-order valence-corrected chi connectivity index (χ0v) is 12.0. The third kappa shape index (κ3) is 5.25. The monoisotopic (exact) mass is 269 g/mol. The van der Waals surface area contributed by atoms with Gasteiger partial charge in [0.1, 0.15) is 0 Å². The Morgan fingerprint density at radius 2 is 1.84 bits per heavy atom. The van der Waals surface area contributed by atoms with E-state index in [0.29, 0.717) is 18.5 Å². The quantitative estimate of drug-likeness (QED) is 0.654. The number of aromatic nitrogens is 3. The normalized spacial score (nSPS) is 11.2. The van der Waals surface area contributed by atoms with E-state index in [1.165, 1.54) is 0 Å². The molecule has 0 spiro atoms. The van der Waals surface area contributed by atoms with Gasteiger partial charge in [-0.05, 0) is 27.2 Å². The second-order valence-corrected chi connectivity index (χ2v) is 4.79. The van der Waals surface area contributed by atoms with Crippen molar-refractivity contribution in [2.24, 2.45) is 0 Å². The molecule has 0 aromatic carbocycles. The van der Waals surface area contributed by atoms with Crippen LogP contribution in [0.1, 0.15) is 34.1 Å². The molecular weight excluding hydrogens is 246 g/mol. The number of nitrogens with zero attached hydrogens (tertiary/aromatic N) is 3. The van der Waals surface area contributed by atoms with Crippen LogP contribution in [0.15, 0.2) is 0 Å². The van der Waals surface area contributed by atoms with Crippen molar-refractivity contribution in [3.63, 3.8) is 0 Å². The van der Waals surface area contributed by atoms with Crippen LogP contribution in [0.5, 0.6) is 6.01 Å². The van der Waals surface area contributed by atoms with Gasteiger partial charge in [-0.1, -0.05) is 6.92 Å². The lowest BCUT2D eigenvalue weighted by Crippen LogP contribution is -2.35. The number of rotatable bonds is 8. The Morgan fingerprint density at radius 3 is 2.42 bits per heavy atom. The van der Waals surface area contributed by atoms with Crippen molar-refractivity contribution in [2.45, 2.75) is 39.7 Å². The molecule has 0 saturated heterocycles. The summed E-state index contributed by atoms with van der Waals surface area (Å²) in [4.78, 5) is 12.6. The largest absolute Gasteiger partial charge is 0.464 e. The van der Waals surface area contributed by atoms with E-state index in [-0.39, 0.29) is 12.6 Å². The van der Waals surface area contributed by atoms with Crippen LogP contribution < -0.4 is 15.4 Å². The summed E-state index contributed by atoms with van der Waals surface area (Å²) in [5, 5.41) is 15.4. The standard InChI is InChI=1S/C12H23N5O2/c1-5-7-13-9-14-10(17-12(3,4)8-18)16-11(15-9)19-6-2/h18H,5-8H2,1-4H3,(H2,13,14,15,16,17). The fraction of sp³-hybridized carbons (Fsp3) is 0.750. The molecule has 1 aromatic heterocycles. The van der Waals surface area contributed by atoms with Crippen LogP contribution in [0.2, 0.25) is 0 Å². The van der Waals surface area contributed by atoms with E-state index in [2.05, 4.69) is 32.5 Å². The first-order valence-corrected chi connectivity index (χ1v) is 6.52. The molecule has 108 valence electrons. The SMILES string of the molecule is CCCNc1nc(NC(C)(C)CO)nc(OCC)n1. The smallest absolute Gasteiger partial charge is 0.323 e. The van der Waals surface area contributed by atoms with Gasteiger partial charge in [-0.25, -0.2) is 0 Å². The van der Waals surface area contributed by atoms with Gasteiger partial charge in [0, 0.05) is 6.54 Å². The molecule has 19 heavy (non-hydrogen) atoms. The van der Waals surface area contributed by atoms with E-state index in [9.17, 15) is 5.11 Å². The maximum atomic E-state index is 9.26.